The number of alkyl halides is 6. The molecule has 0 aliphatic carbocycles. The summed E-state index contributed by atoms with van der Waals surface area (Å²) in [6.45, 7) is 3.29. The Labute approximate surface area is 257 Å². The van der Waals surface area contributed by atoms with Crippen LogP contribution in [0.3, 0.4) is 0 Å². The molecule has 2 aliphatic heterocycles. The predicted molar refractivity (Wildman–Crippen MR) is 147 cm³/mol. The van der Waals surface area contributed by atoms with E-state index in [0.29, 0.717) is 39.3 Å². The molecule has 2 aliphatic rings. The summed E-state index contributed by atoms with van der Waals surface area (Å²) in [7, 11) is 0. The number of halogens is 7. The van der Waals surface area contributed by atoms with Gasteiger partial charge in [0.2, 0.25) is 0 Å². The number of likely N-dealkylation sites (tertiary alicyclic amines) is 1. The number of ether oxygens (including phenoxy) is 1. The molecule has 9 nitrogen and oxygen atoms in total. The number of amides is 1. The monoisotopic (exact) mass is 659 g/mol. The van der Waals surface area contributed by atoms with Crippen LogP contribution in [0, 0.1) is 5.82 Å². The van der Waals surface area contributed by atoms with E-state index in [0.717, 1.165) is 16.7 Å². The average Bonchev–Trinajstić information content (AvgIpc) is 3.34. The van der Waals surface area contributed by atoms with Gasteiger partial charge in [0.15, 0.2) is 5.60 Å². The third-order valence-electron chi connectivity index (χ3n) is 6.92. The van der Waals surface area contributed by atoms with Crippen LogP contribution in [0.1, 0.15) is 22.6 Å². The second-order valence-electron chi connectivity index (χ2n) is 10.2. The van der Waals surface area contributed by atoms with E-state index in [2.05, 4.69) is 9.88 Å². The van der Waals surface area contributed by atoms with Crippen molar-refractivity contribution in [1.29, 1.82) is 0 Å². The predicted octanol–water partition coefficient (Wildman–Crippen LogP) is 4.88. The maximum Gasteiger partial charge on any atom is 0.490 e. The van der Waals surface area contributed by atoms with Crippen molar-refractivity contribution in [2.24, 2.45) is 0 Å². The number of rotatable bonds is 5. The Kier molecular flexibility index (Phi) is 11.8. The molecule has 5 rings (SSSR count). The van der Waals surface area contributed by atoms with E-state index in [1.165, 1.54) is 6.07 Å². The van der Waals surface area contributed by atoms with Crippen molar-refractivity contribution in [2.75, 3.05) is 26.2 Å². The Morgan fingerprint density at radius 3 is 2.04 bits per heavy atom. The first-order chi connectivity index (χ1) is 21.5. The molecule has 3 aromatic rings. The fourth-order valence-corrected chi connectivity index (χ4v) is 4.97. The average molecular weight is 660 g/mol. The summed E-state index contributed by atoms with van der Waals surface area (Å²) in [5.41, 5.74) is 2.01. The maximum atomic E-state index is 13.9. The van der Waals surface area contributed by atoms with Crippen LogP contribution in [0.2, 0.25) is 0 Å². The summed E-state index contributed by atoms with van der Waals surface area (Å²) in [5.74, 6) is -5.89. The van der Waals surface area contributed by atoms with Gasteiger partial charge < -0.3 is 19.8 Å². The van der Waals surface area contributed by atoms with E-state index in [4.69, 9.17) is 24.5 Å². The van der Waals surface area contributed by atoms with Gasteiger partial charge >= 0.3 is 24.3 Å². The molecule has 2 unspecified atom stereocenters. The lowest BCUT2D eigenvalue weighted by Crippen LogP contribution is -2.59. The third kappa shape index (κ3) is 9.71. The highest BCUT2D eigenvalue weighted by atomic mass is 19.4. The zero-order valence-electron chi connectivity index (χ0n) is 23.8. The molecule has 0 bridgehead atoms. The number of carbonyl (C=O) groups excluding carboxylic acids is 1. The van der Waals surface area contributed by atoms with Crippen LogP contribution in [0.25, 0.3) is 0 Å². The molecule has 16 heteroatoms. The highest BCUT2D eigenvalue weighted by molar-refractivity contribution is 5.88. The van der Waals surface area contributed by atoms with Gasteiger partial charge in [-0.15, -0.1) is 0 Å². The highest BCUT2D eigenvalue weighted by Crippen LogP contribution is 2.42. The summed E-state index contributed by atoms with van der Waals surface area (Å²) in [6, 6.07) is 20.6. The Hall–Kier alpha value is -4.57. The van der Waals surface area contributed by atoms with Gasteiger partial charge in [-0.1, -0.05) is 48.5 Å². The molecule has 2 aromatic carbocycles. The van der Waals surface area contributed by atoms with E-state index in [-0.39, 0.29) is 17.6 Å². The van der Waals surface area contributed by atoms with Gasteiger partial charge in [-0.2, -0.15) is 26.3 Å². The minimum absolute atomic E-state index is 0.0169. The van der Waals surface area contributed by atoms with E-state index in [1.54, 1.807) is 18.3 Å². The van der Waals surface area contributed by atoms with E-state index in [9.17, 15) is 35.5 Å². The highest BCUT2D eigenvalue weighted by Gasteiger charge is 2.57. The zero-order valence-corrected chi connectivity index (χ0v) is 23.8. The third-order valence-corrected chi connectivity index (χ3v) is 6.92. The quantitative estimate of drug-likeness (QED) is 0.372. The molecule has 0 radical (unpaired) electrons. The van der Waals surface area contributed by atoms with E-state index >= 15 is 0 Å². The molecular formula is C30H28F7N3O6. The van der Waals surface area contributed by atoms with Crippen LogP contribution >= 0.6 is 0 Å². The van der Waals surface area contributed by atoms with Gasteiger partial charge in [-0.05, 0) is 34.9 Å². The maximum absolute atomic E-state index is 13.9. The second-order valence-corrected chi connectivity index (χ2v) is 10.2. The van der Waals surface area contributed by atoms with Crippen molar-refractivity contribution in [3.8, 4) is 0 Å². The van der Waals surface area contributed by atoms with Crippen LogP contribution in [0.5, 0.6) is 0 Å². The van der Waals surface area contributed by atoms with Crippen LogP contribution in [0.15, 0.2) is 79.1 Å². The Balaban J connectivity index is 0.000000345. The number of carboxylic acids is 2. The van der Waals surface area contributed by atoms with Gasteiger partial charge in [-0.3, -0.25) is 14.7 Å². The zero-order chi connectivity index (χ0) is 34.1. The molecule has 2 fully saturated rings. The van der Waals surface area contributed by atoms with Gasteiger partial charge in [0.1, 0.15) is 5.82 Å². The van der Waals surface area contributed by atoms with Crippen molar-refractivity contribution in [2.45, 2.75) is 37.0 Å². The standard InChI is InChI=1S/C26H26FN3O2.2C2HF3O2/c27-23-10-4-8-21(14-23)16-29-18-24(22-9-5-11-28-15-22)26(19-29)25(31)30(12-13-32-26)17-20-6-2-1-3-7-20;2*3-2(4,5)1(6)7/h1-11,14-15,24H,12-13,16-19H2;2*(H,6,7). The molecule has 1 amide bonds. The smallest absolute Gasteiger partial charge is 0.475 e. The Morgan fingerprint density at radius 2 is 1.50 bits per heavy atom. The topological polar surface area (TPSA) is 120 Å². The molecule has 1 spiro atoms. The second kappa shape index (κ2) is 15.1. The van der Waals surface area contributed by atoms with E-state index in [1.807, 2.05) is 59.6 Å². The molecule has 2 N–H and O–H groups in total. The normalized spacial score (nSPS) is 19.9. The number of aromatic nitrogens is 1. The minimum Gasteiger partial charge on any atom is -0.475 e. The van der Waals surface area contributed by atoms with Crippen molar-refractivity contribution in [3.05, 3.63) is 102 Å². The number of hydrogen-bond donors (Lipinski definition) is 2. The fourth-order valence-electron chi connectivity index (χ4n) is 4.97. The van der Waals surface area contributed by atoms with Crippen molar-refractivity contribution < 1.29 is 60.1 Å². The summed E-state index contributed by atoms with van der Waals surface area (Å²) in [5, 5.41) is 14.2. The molecule has 2 saturated heterocycles. The fraction of sp³-hybridized carbons (Fsp3) is 0.333. The first-order valence-corrected chi connectivity index (χ1v) is 13.5. The molecule has 3 heterocycles. The molecule has 2 atom stereocenters. The number of hydrogen-bond acceptors (Lipinski definition) is 6. The van der Waals surface area contributed by atoms with Gasteiger partial charge in [0.25, 0.3) is 5.91 Å². The summed E-state index contributed by atoms with van der Waals surface area (Å²) in [6.07, 6.45) is -6.61. The van der Waals surface area contributed by atoms with Crippen molar-refractivity contribution in [3.63, 3.8) is 0 Å². The lowest BCUT2D eigenvalue weighted by atomic mass is 9.83. The number of aliphatic carboxylic acids is 2. The SMILES string of the molecule is O=C(O)C(F)(F)F.O=C(O)C(F)(F)F.O=C1N(Cc2ccccc2)CCOC12CN(Cc1cccc(F)c1)CC2c1cccnc1. The Bertz CT molecular complexity index is 1450. The lowest BCUT2D eigenvalue weighted by molar-refractivity contribution is -0.193. The van der Waals surface area contributed by atoms with Crippen LogP contribution < -0.4 is 0 Å². The summed E-state index contributed by atoms with van der Waals surface area (Å²) < 4.78 is 83.5. The Morgan fingerprint density at radius 1 is 0.891 bits per heavy atom. The first kappa shape index (κ1) is 35.9. The summed E-state index contributed by atoms with van der Waals surface area (Å²) >= 11 is 0. The minimum atomic E-state index is -5.08. The van der Waals surface area contributed by atoms with Gasteiger partial charge in [0, 0.05) is 51.0 Å². The number of pyridine rings is 1. The summed E-state index contributed by atoms with van der Waals surface area (Å²) in [4.78, 5) is 40.1. The number of morpholine rings is 1. The van der Waals surface area contributed by atoms with Crippen LogP contribution in [-0.4, -0.2) is 87.0 Å². The molecule has 248 valence electrons. The van der Waals surface area contributed by atoms with Crippen molar-refractivity contribution >= 4 is 17.8 Å². The van der Waals surface area contributed by atoms with Crippen LogP contribution in [0.4, 0.5) is 30.7 Å². The van der Waals surface area contributed by atoms with Gasteiger partial charge in [-0.25, -0.2) is 14.0 Å². The molecule has 46 heavy (non-hydrogen) atoms. The van der Waals surface area contributed by atoms with Gasteiger partial charge in [0.05, 0.1) is 6.61 Å². The number of carboxylic acid groups (broad SMARTS) is 2. The largest absolute Gasteiger partial charge is 0.490 e. The molecular weight excluding hydrogens is 631 g/mol. The molecule has 1 aromatic heterocycles. The van der Waals surface area contributed by atoms with E-state index < -0.39 is 29.9 Å². The van der Waals surface area contributed by atoms with Crippen molar-refractivity contribution in [1.82, 2.24) is 14.8 Å². The number of benzene rings is 2. The number of carbonyl (C=O) groups is 3. The van der Waals surface area contributed by atoms with Crippen LogP contribution in [-0.2, 0) is 32.2 Å². The first-order valence-electron chi connectivity index (χ1n) is 13.5. The number of nitrogens with zero attached hydrogens (tertiary/aromatic N) is 3. The lowest BCUT2D eigenvalue weighted by Gasteiger charge is -2.42. The molecule has 0 saturated carbocycles.